The molecule has 0 saturated heterocycles. The number of aryl methyl sites for hydroxylation is 1. The number of rotatable bonds is 5. The summed E-state index contributed by atoms with van der Waals surface area (Å²) in [6.07, 6.45) is 2.33. The predicted molar refractivity (Wildman–Crippen MR) is 69.2 cm³/mol. The third kappa shape index (κ3) is 2.86. The zero-order chi connectivity index (χ0) is 12.3. The van der Waals surface area contributed by atoms with Gasteiger partial charge in [0.15, 0.2) is 0 Å². The van der Waals surface area contributed by atoms with Crippen molar-refractivity contribution < 1.29 is 5.11 Å². The fraction of sp³-hybridized carbons (Fsp3) is 0.750. The number of nitrogens with zero attached hydrogens (tertiary/aromatic N) is 2. The molecule has 0 aromatic carbocycles. The van der Waals surface area contributed by atoms with E-state index in [1.807, 2.05) is 4.68 Å². The van der Waals surface area contributed by atoms with Crippen molar-refractivity contribution in [2.45, 2.75) is 46.8 Å². The van der Waals surface area contributed by atoms with Crippen molar-refractivity contribution in [3.05, 3.63) is 16.4 Å². The molecule has 2 atom stereocenters. The number of aliphatic hydroxyl groups excluding tert-OH is 1. The quantitative estimate of drug-likeness (QED) is 0.902. The first-order valence-electron chi connectivity index (χ1n) is 5.88. The van der Waals surface area contributed by atoms with Crippen LogP contribution in [0.25, 0.3) is 0 Å². The Morgan fingerprint density at radius 3 is 2.56 bits per heavy atom. The van der Waals surface area contributed by atoms with E-state index >= 15 is 0 Å². The SMILES string of the molecule is CCCn1ncc(Br)c1C(O)C(C)C(C)C. The van der Waals surface area contributed by atoms with Crippen LogP contribution in [0.1, 0.15) is 45.9 Å². The highest BCUT2D eigenvalue weighted by Crippen LogP contribution is 2.32. The van der Waals surface area contributed by atoms with Crippen LogP contribution in [0.2, 0.25) is 0 Å². The fourth-order valence-corrected chi connectivity index (χ4v) is 2.20. The first-order chi connectivity index (χ1) is 7.49. The third-order valence-electron chi connectivity index (χ3n) is 3.10. The molecule has 0 aliphatic carbocycles. The predicted octanol–water partition coefficient (Wildman–Crippen LogP) is 3.38. The summed E-state index contributed by atoms with van der Waals surface area (Å²) >= 11 is 3.46. The summed E-state index contributed by atoms with van der Waals surface area (Å²) in [7, 11) is 0. The van der Waals surface area contributed by atoms with Gasteiger partial charge in [-0.25, -0.2) is 0 Å². The summed E-state index contributed by atoms with van der Waals surface area (Å²) in [5.74, 6) is 0.676. The van der Waals surface area contributed by atoms with Gasteiger partial charge >= 0.3 is 0 Å². The first-order valence-corrected chi connectivity index (χ1v) is 6.67. The van der Waals surface area contributed by atoms with E-state index in [-0.39, 0.29) is 5.92 Å². The molecular formula is C12H21BrN2O. The Hall–Kier alpha value is -0.350. The largest absolute Gasteiger partial charge is 0.386 e. The lowest BCUT2D eigenvalue weighted by atomic mass is 9.90. The maximum atomic E-state index is 10.3. The zero-order valence-electron chi connectivity index (χ0n) is 10.4. The second-order valence-electron chi connectivity index (χ2n) is 4.65. The maximum Gasteiger partial charge on any atom is 0.0995 e. The molecule has 0 bridgehead atoms. The Kier molecular flexibility index (Phi) is 4.99. The minimum Gasteiger partial charge on any atom is -0.386 e. The van der Waals surface area contributed by atoms with Gasteiger partial charge in [-0.05, 0) is 34.2 Å². The second-order valence-corrected chi connectivity index (χ2v) is 5.50. The molecule has 0 fully saturated rings. The van der Waals surface area contributed by atoms with E-state index in [0.29, 0.717) is 5.92 Å². The van der Waals surface area contributed by atoms with Crippen LogP contribution in [-0.2, 0) is 6.54 Å². The van der Waals surface area contributed by atoms with Crippen LogP contribution in [0.4, 0.5) is 0 Å². The minimum atomic E-state index is -0.455. The van der Waals surface area contributed by atoms with Crippen molar-refractivity contribution in [1.82, 2.24) is 9.78 Å². The highest BCUT2D eigenvalue weighted by Gasteiger charge is 2.25. The highest BCUT2D eigenvalue weighted by atomic mass is 79.9. The highest BCUT2D eigenvalue weighted by molar-refractivity contribution is 9.10. The number of hydrogen-bond donors (Lipinski definition) is 1. The van der Waals surface area contributed by atoms with Gasteiger partial charge in [0.1, 0.15) is 0 Å². The van der Waals surface area contributed by atoms with Gasteiger partial charge in [0.25, 0.3) is 0 Å². The van der Waals surface area contributed by atoms with Crippen LogP contribution in [0.15, 0.2) is 10.7 Å². The van der Waals surface area contributed by atoms with Crippen molar-refractivity contribution in [2.24, 2.45) is 11.8 Å². The lowest BCUT2D eigenvalue weighted by molar-refractivity contribution is 0.0828. The third-order valence-corrected chi connectivity index (χ3v) is 3.71. The van der Waals surface area contributed by atoms with Crippen molar-refractivity contribution >= 4 is 15.9 Å². The summed E-state index contributed by atoms with van der Waals surface area (Å²) < 4.78 is 2.80. The molecule has 4 heteroatoms. The van der Waals surface area contributed by atoms with Crippen molar-refractivity contribution in [2.75, 3.05) is 0 Å². The van der Waals surface area contributed by atoms with Gasteiger partial charge in [0, 0.05) is 6.54 Å². The summed E-state index contributed by atoms with van der Waals surface area (Å²) in [4.78, 5) is 0. The van der Waals surface area contributed by atoms with Gasteiger partial charge in [0.2, 0.25) is 0 Å². The van der Waals surface area contributed by atoms with Crippen molar-refractivity contribution in [1.29, 1.82) is 0 Å². The summed E-state index contributed by atoms with van der Waals surface area (Å²) in [5.41, 5.74) is 0.906. The van der Waals surface area contributed by atoms with E-state index in [4.69, 9.17) is 0 Å². The minimum absolute atomic E-state index is 0.226. The Balaban J connectivity index is 2.96. The van der Waals surface area contributed by atoms with E-state index in [9.17, 15) is 5.11 Å². The lowest BCUT2D eigenvalue weighted by Gasteiger charge is -2.23. The molecule has 92 valence electrons. The summed E-state index contributed by atoms with van der Waals surface area (Å²) in [6.45, 7) is 9.29. The molecule has 0 amide bonds. The average molecular weight is 289 g/mol. The van der Waals surface area contributed by atoms with Crippen LogP contribution < -0.4 is 0 Å². The van der Waals surface area contributed by atoms with Gasteiger partial charge in [-0.2, -0.15) is 5.10 Å². The topological polar surface area (TPSA) is 38.0 Å². The molecule has 1 heterocycles. The molecule has 1 aromatic rings. The summed E-state index contributed by atoms with van der Waals surface area (Å²) in [6, 6.07) is 0. The zero-order valence-corrected chi connectivity index (χ0v) is 12.0. The van der Waals surface area contributed by atoms with Crippen LogP contribution >= 0.6 is 15.9 Å². The molecule has 0 aliphatic rings. The molecule has 16 heavy (non-hydrogen) atoms. The van der Waals surface area contributed by atoms with Gasteiger partial charge in [-0.15, -0.1) is 0 Å². The van der Waals surface area contributed by atoms with E-state index in [2.05, 4.69) is 48.7 Å². The van der Waals surface area contributed by atoms with E-state index in [1.165, 1.54) is 0 Å². The van der Waals surface area contributed by atoms with Crippen molar-refractivity contribution in [3.8, 4) is 0 Å². The molecule has 2 unspecified atom stereocenters. The lowest BCUT2D eigenvalue weighted by Crippen LogP contribution is -2.19. The van der Waals surface area contributed by atoms with Crippen LogP contribution in [-0.4, -0.2) is 14.9 Å². The maximum absolute atomic E-state index is 10.3. The van der Waals surface area contributed by atoms with Crippen LogP contribution in [0.3, 0.4) is 0 Å². The fourth-order valence-electron chi connectivity index (χ4n) is 1.67. The van der Waals surface area contributed by atoms with E-state index < -0.39 is 6.10 Å². The van der Waals surface area contributed by atoms with Crippen LogP contribution in [0.5, 0.6) is 0 Å². The molecule has 0 aliphatic heterocycles. The number of aliphatic hydroxyl groups is 1. The second kappa shape index (κ2) is 5.82. The molecular weight excluding hydrogens is 268 g/mol. The summed E-state index contributed by atoms with van der Waals surface area (Å²) in [5, 5.41) is 14.6. The average Bonchev–Trinajstić information content (AvgIpc) is 2.58. The Morgan fingerprint density at radius 2 is 2.06 bits per heavy atom. The van der Waals surface area contributed by atoms with Gasteiger partial charge < -0.3 is 5.11 Å². The molecule has 1 rings (SSSR count). The van der Waals surface area contributed by atoms with Crippen molar-refractivity contribution in [3.63, 3.8) is 0 Å². The number of halogens is 1. The molecule has 1 N–H and O–H groups in total. The molecule has 1 aromatic heterocycles. The Morgan fingerprint density at radius 1 is 1.44 bits per heavy atom. The van der Waals surface area contributed by atoms with Gasteiger partial charge in [-0.1, -0.05) is 27.7 Å². The number of aromatic nitrogens is 2. The van der Waals surface area contributed by atoms with Gasteiger partial charge in [0.05, 0.1) is 22.5 Å². The standard InChI is InChI=1S/C12H21BrN2O/c1-5-6-15-11(10(13)7-14-15)12(16)9(4)8(2)3/h7-9,12,16H,5-6H2,1-4H3. The van der Waals surface area contributed by atoms with Crippen LogP contribution in [0, 0.1) is 11.8 Å². The molecule has 3 nitrogen and oxygen atoms in total. The molecule has 0 radical (unpaired) electrons. The monoisotopic (exact) mass is 288 g/mol. The smallest absolute Gasteiger partial charge is 0.0995 e. The van der Waals surface area contributed by atoms with E-state index in [1.54, 1.807) is 6.20 Å². The normalized spacial score (nSPS) is 15.4. The molecule has 0 saturated carbocycles. The Labute approximate surface area is 106 Å². The van der Waals surface area contributed by atoms with Gasteiger partial charge in [-0.3, -0.25) is 4.68 Å². The first kappa shape index (κ1) is 13.7. The van der Waals surface area contributed by atoms with E-state index in [0.717, 1.165) is 23.1 Å². The Bertz CT molecular complexity index is 336. The molecule has 0 spiro atoms. The number of hydrogen-bond acceptors (Lipinski definition) is 2.